The number of hydrogen-bond acceptors (Lipinski definition) is 6. The van der Waals surface area contributed by atoms with Crippen molar-refractivity contribution >= 4 is 29.1 Å². The van der Waals surface area contributed by atoms with Gasteiger partial charge in [0.05, 0.1) is 5.56 Å². The number of carbonyl (C=O) groups is 1. The van der Waals surface area contributed by atoms with Gasteiger partial charge in [-0.25, -0.2) is 9.78 Å². The van der Waals surface area contributed by atoms with Crippen LogP contribution in [-0.2, 0) is 0 Å². The number of aromatic nitrogens is 2. The summed E-state index contributed by atoms with van der Waals surface area (Å²) in [4.78, 5) is 24.6. The Kier molecular flexibility index (Phi) is 5.29. The quantitative estimate of drug-likeness (QED) is 0.690. The van der Waals surface area contributed by atoms with Crippen molar-refractivity contribution in [3.8, 4) is 0 Å². The number of carboxylic acid groups (broad SMARTS) is 1. The van der Waals surface area contributed by atoms with Gasteiger partial charge in [0.25, 0.3) is 0 Å². The molecule has 0 amide bonds. The summed E-state index contributed by atoms with van der Waals surface area (Å²) in [7, 11) is 0. The fourth-order valence-corrected chi connectivity index (χ4v) is 3.40. The van der Waals surface area contributed by atoms with Crippen molar-refractivity contribution in [2.45, 2.75) is 6.92 Å². The first-order valence-corrected chi connectivity index (χ1v) is 9.58. The van der Waals surface area contributed by atoms with Gasteiger partial charge in [-0.3, -0.25) is 0 Å². The fraction of sp³-hybridized carbons (Fsp3) is 0.227. The summed E-state index contributed by atoms with van der Waals surface area (Å²) in [5.41, 5.74) is 3.56. The van der Waals surface area contributed by atoms with Gasteiger partial charge in [0.15, 0.2) is 0 Å². The lowest BCUT2D eigenvalue weighted by Gasteiger charge is -2.36. The van der Waals surface area contributed by atoms with Crippen molar-refractivity contribution in [2.24, 2.45) is 0 Å². The Morgan fingerprint density at radius 3 is 2.41 bits per heavy atom. The molecule has 1 aromatic heterocycles. The van der Waals surface area contributed by atoms with Crippen molar-refractivity contribution in [3.05, 3.63) is 71.9 Å². The average molecular weight is 389 g/mol. The predicted octanol–water partition coefficient (Wildman–Crippen LogP) is 3.55. The summed E-state index contributed by atoms with van der Waals surface area (Å²) in [6.45, 7) is 5.65. The molecule has 148 valence electrons. The molecule has 2 heterocycles. The summed E-state index contributed by atoms with van der Waals surface area (Å²) < 4.78 is 0. The van der Waals surface area contributed by atoms with E-state index in [0.29, 0.717) is 11.8 Å². The Hall–Kier alpha value is -3.61. The van der Waals surface area contributed by atoms with Gasteiger partial charge < -0.3 is 20.2 Å². The molecule has 0 atom stereocenters. The Labute approximate surface area is 169 Å². The number of piperazine rings is 1. The number of aryl methyl sites for hydroxylation is 1. The summed E-state index contributed by atoms with van der Waals surface area (Å²) in [5, 5.41) is 12.2. The van der Waals surface area contributed by atoms with E-state index in [9.17, 15) is 4.79 Å². The Balaban J connectivity index is 1.41. The van der Waals surface area contributed by atoms with Crippen LogP contribution in [0.25, 0.3) is 0 Å². The number of nitrogens with one attached hydrogen (secondary N) is 1. The largest absolute Gasteiger partial charge is 0.478 e. The van der Waals surface area contributed by atoms with Crippen LogP contribution >= 0.6 is 0 Å². The zero-order valence-corrected chi connectivity index (χ0v) is 16.2. The van der Waals surface area contributed by atoms with E-state index in [2.05, 4.69) is 56.3 Å². The molecule has 7 heteroatoms. The lowest BCUT2D eigenvalue weighted by Crippen LogP contribution is -2.47. The van der Waals surface area contributed by atoms with Crippen LogP contribution in [0.5, 0.6) is 0 Å². The van der Waals surface area contributed by atoms with Crippen molar-refractivity contribution in [1.82, 2.24) is 9.97 Å². The normalized spacial score (nSPS) is 14.0. The topological polar surface area (TPSA) is 81.6 Å². The molecule has 2 aromatic carbocycles. The lowest BCUT2D eigenvalue weighted by molar-refractivity contribution is 0.0697. The molecule has 3 aromatic rings. The molecule has 7 nitrogen and oxygen atoms in total. The van der Waals surface area contributed by atoms with Gasteiger partial charge in [0.1, 0.15) is 5.82 Å². The lowest BCUT2D eigenvalue weighted by atomic mass is 10.2. The maximum absolute atomic E-state index is 11.0. The third-order valence-electron chi connectivity index (χ3n) is 4.98. The molecule has 0 radical (unpaired) electrons. The number of anilines is 4. The van der Waals surface area contributed by atoms with Crippen LogP contribution in [0.3, 0.4) is 0 Å². The monoisotopic (exact) mass is 389 g/mol. The van der Waals surface area contributed by atoms with E-state index in [1.807, 2.05) is 0 Å². The predicted molar refractivity (Wildman–Crippen MR) is 114 cm³/mol. The molecule has 2 N–H and O–H groups in total. The van der Waals surface area contributed by atoms with Gasteiger partial charge >= 0.3 is 5.97 Å². The van der Waals surface area contributed by atoms with Crippen molar-refractivity contribution in [2.75, 3.05) is 41.3 Å². The minimum absolute atomic E-state index is 0.255. The molecule has 0 bridgehead atoms. The summed E-state index contributed by atoms with van der Waals surface area (Å²) in [6.07, 6.45) is 1.74. The van der Waals surface area contributed by atoms with Gasteiger partial charge in [-0.1, -0.05) is 12.1 Å². The number of nitrogens with zero attached hydrogens (tertiary/aromatic N) is 4. The molecule has 0 saturated carbocycles. The maximum Gasteiger partial charge on any atom is 0.335 e. The molecular formula is C22H23N5O2. The highest BCUT2D eigenvalue weighted by Crippen LogP contribution is 2.21. The number of rotatable bonds is 5. The van der Waals surface area contributed by atoms with E-state index >= 15 is 0 Å². The zero-order valence-electron chi connectivity index (χ0n) is 16.2. The Morgan fingerprint density at radius 1 is 1.00 bits per heavy atom. The van der Waals surface area contributed by atoms with Crippen molar-refractivity contribution < 1.29 is 9.90 Å². The van der Waals surface area contributed by atoms with E-state index in [4.69, 9.17) is 5.11 Å². The highest BCUT2D eigenvalue weighted by molar-refractivity contribution is 5.88. The SMILES string of the molecule is Cc1cccc(N2CCN(c3nccc(Nc4ccc(C(=O)O)cc4)n3)CC2)c1. The summed E-state index contributed by atoms with van der Waals surface area (Å²) in [6, 6.07) is 17.0. The van der Waals surface area contributed by atoms with E-state index in [1.54, 1.807) is 36.5 Å². The first-order chi connectivity index (χ1) is 14.1. The first kappa shape index (κ1) is 18.7. The van der Waals surface area contributed by atoms with E-state index in [0.717, 1.165) is 31.9 Å². The van der Waals surface area contributed by atoms with Gasteiger partial charge in [0.2, 0.25) is 5.95 Å². The van der Waals surface area contributed by atoms with Crippen LogP contribution in [-0.4, -0.2) is 47.2 Å². The number of aromatic carboxylic acids is 1. The molecule has 1 fully saturated rings. The maximum atomic E-state index is 11.0. The average Bonchev–Trinajstić information content (AvgIpc) is 2.74. The molecule has 1 aliphatic heterocycles. The molecule has 1 aliphatic rings. The van der Waals surface area contributed by atoms with Gasteiger partial charge in [-0.2, -0.15) is 4.98 Å². The summed E-state index contributed by atoms with van der Waals surface area (Å²) >= 11 is 0. The molecule has 0 unspecified atom stereocenters. The highest BCUT2D eigenvalue weighted by Gasteiger charge is 2.19. The van der Waals surface area contributed by atoms with Crippen LogP contribution < -0.4 is 15.1 Å². The number of hydrogen-bond donors (Lipinski definition) is 2. The van der Waals surface area contributed by atoms with Gasteiger partial charge in [0, 0.05) is 43.8 Å². The van der Waals surface area contributed by atoms with Crippen LogP contribution in [0.4, 0.5) is 23.1 Å². The third-order valence-corrected chi connectivity index (χ3v) is 4.98. The second-order valence-corrected chi connectivity index (χ2v) is 7.06. The van der Waals surface area contributed by atoms with Gasteiger partial charge in [-0.05, 0) is 55.0 Å². The smallest absolute Gasteiger partial charge is 0.335 e. The minimum Gasteiger partial charge on any atom is -0.478 e. The van der Waals surface area contributed by atoms with Crippen molar-refractivity contribution in [1.29, 1.82) is 0 Å². The third kappa shape index (κ3) is 4.45. The molecular weight excluding hydrogens is 366 g/mol. The Bertz CT molecular complexity index is 998. The number of carboxylic acids is 1. The fourth-order valence-electron chi connectivity index (χ4n) is 3.40. The Morgan fingerprint density at radius 2 is 1.72 bits per heavy atom. The second-order valence-electron chi connectivity index (χ2n) is 7.06. The van der Waals surface area contributed by atoms with Crippen LogP contribution in [0, 0.1) is 6.92 Å². The summed E-state index contributed by atoms with van der Waals surface area (Å²) in [5.74, 6) is 0.436. The van der Waals surface area contributed by atoms with Crippen LogP contribution in [0.2, 0.25) is 0 Å². The molecule has 0 aliphatic carbocycles. The van der Waals surface area contributed by atoms with E-state index in [1.165, 1.54) is 11.3 Å². The van der Waals surface area contributed by atoms with E-state index < -0.39 is 5.97 Å². The standard InChI is InChI=1S/C22H23N5O2/c1-16-3-2-4-19(15-16)26-11-13-27(14-12-26)22-23-10-9-20(25-22)24-18-7-5-17(6-8-18)21(28)29/h2-10,15H,11-14H2,1H3,(H,28,29)(H,23,24,25). The van der Waals surface area contributed by atoms with E-state index in [-0.39, 0.29) is 5.56 Å². The second kappa shape index (κ2) is 8.18. The molecule has 4 rings (SSSR count). The zero-order chi connectivity index (χ0) is 20.2. The first-order valence-electron chi connectivity index (χ1n) is 9.58. The van der Waals surface area contributed by atoms with Gasteiger partial charge in [-0.15, -0.1) is 0 Å². The molecule has 0 spiro atoms. The highest BCUT2D eigenvalue weighted by atomic mass is 16.4. The molecule has 29 heavy (non-hydrogen) atoms. The van der Waals surface area contributed by atoms with Crippen LogP contribution in [0.1, 0.15) is 15.9 Å². The minimum atomic E-state index is -0.939. The number of benzene rings is 2. The molecule has 1 saturated heterocycles. The van der Waals surface area contributed by atoms with Crippen LogP contribution in [0.15, 0.2) is 60.8 Å². The van der Waals surface area contributed by atoms with Crippen molar-refractivity contribution in [3.63, 3.8) is 0 Å².